The normalized spacial score (nSPS) is 14.5. The van der Waals surface area contributed by atoms with Gasteiger partial charge >= 0.3 is 0 Å². The van der Waals surface area contributed by atoms with E-state index in [0.29, 0.717) is 17.1 Å². The quantitative estimate of drug-likeness (QED) is 0.615. The first-order valence-electron chi connectivity index (χ1n) is 10.1. The van der Waals surface area contributed by atoms with Gasteiger partial charge in [0.05, 0.1) is 6.54 Å². The minimum Gasteiger partial charge on any atom is -0.354 e. The van der Waals surface area contributed by atoms with E-state index in [1.165, 1.54) is 0 Å². The molecule has 5 nitrogen and oxygen atoms in total. The van der Waals surface area contributed by atoms with Gasteiger partial charge in [-0.3, -0.25) is 4.79 Å². The van der Waals surface area contributed by atoms with Crippen molar-refractivity contribution in [1.29, 1.82) is 0 Å². The molecule has 0 atom stereocenters. The van der Waals surface area contributed by atoms with Crippen LogP contribution in [0, 0.1) is 0 Å². The van der Waals surface area contributed by atoms with Gasteiger partial charge in [0.2, 0.25) is 0 Å². The van der Waals surface area contributed by atoms with Gasteiger partial charge in [0.1, 0.15) is 5.82 Å². The van der Waals surface area contributed by atoms with Gasteiger partial charge in [-0.25, -0.2) is 4.98 Å². The summed E-state index contributed by atoms with van der Waals surface area (Å²) in [5.74, 6) is 0.920. The molecule has 30 heavy (non-hydrogen) atoms. The largest absolute Gasteiger partial charge is 0.354 e. The van der Waals surface area contributed by atoms with Gasteiger partial charge in [0.15, 0.2) is 0 Å². The van der Waals surface area contributed by atoms with Crippen LogP contribution in [0.3, 0.4) is 0 Å². The predicted octanol–water partition coefficient (Wildman–Crippen LogP) is 4.33. The van der Waals surface area contributed by atoms with Gasteiger partial charge in [-0.15, -0.1) is 0 Å². The fraction of sp³-hybridized carbons (Fsp3) is 0.250. The third-order valence-corrected chi connectivity index (χ3v) is 5.63. The molecule has 0 N–H and O–H groups in total. The SMILES string of the molecule is CN1CCN(c2ccc(CN(C(=O)c3ccc(Cl)cc3)c3ccccc3)cn2)CC1. The summed E-state index contributed by atoms with van der Waals surface area (Å²) in [6, 6.07) is 20.8. The zero-order valence-corrected chi connectivity index (χ0v) is 17.8. The lowest BCUT2D eigenvalue weighted by atomic mass is 10.1. The fourth-order valence-electron chi connectivity index (χ4n) is 3.55. The van der Waals surface area contributed by atoms with Gasteiger partial charge in [0, 0.05) is 48.6 Å². The van der Waals surface area contributed by atoms with E-state index >= 15 is 0 Å². The molecule has 1 aromatic heterocycles. The van der Waals surface area contributed by atoms with Crippen molar-refractivity contribution in [2.75, 3.05) is 43.0 Å². The van der Waals surface area contributed by atoms with Crippen LogP contribution in [0.1, 0.15) is 15.9 Å². The molecule has 6 heteroatoms. The lowest BCUT2D eigenvalue weighted by Gasteiger charge is -2.33. The van der Waals surface area contributed by atoms with Crippen molar-refractivity contribution in [3.05, 3.63) is 89.1 Å². The zero-order chi connectivity index (χ0) is 20.9. The van der Waals surface area contributed by atoms with E-state index in [1.54, 1.807) is 29.2 Å². The average molecular weight is 421 g/mol. The minimum atomic E-state index is -0.0685. The Morgan fingerprint density at radius 2 is 1.67 bits per heavy atom. The molecular formula is C24H25ClN4O. The molecule has 1 saturated heterocycles. The van der Waals surface area contributed by atoms with Gasteiger partial charge < -0.3 is 14.7 Å². The zero-order valence-electron chi connectivity index (χ0n) is 17.0. The van der Waals surface area contributed by atoms with Crippen molar-refractivity contribution in [3.63, 3.8) is 0 Å². The number of carbonyl (C=O) groups excluding carboxylic acids is 1. The van der Waals surface area contributed by atoms with Crippen molar-refractivity contribution >= 4 is 29.0 Å². The van der Waals surface area contributed by atoms with E-state index in [1.807, 2.05) is 36.5 Å². The summed E-state index contributed by atoms with van der Waals surface area (Å²) < 4.78 is 0. The Morgan fingerprint density at radius 1 is 0.967 bits per heavy atom. The molecule has 3 aromatic rings. The summed E-state index contributed by atoms with van der Waals surface area (Å²) in [7, 11) is 2.14. The van der Waals surface area contributed by atoms with Crippen molar-refractivity contribution in [1.82, 2.24) is 9.88 Å². The van der Waals surface area contributed by atoms with Crippen molar-refractivity contribution in [3.8, 4) is 0 Å². The number of rotatable bonds is 5. The summed E-state index contributed by atoms with van der Waals surface area (Å²) in [6.07, 6.45) is 1.87. The van der Waals surface area contributed by atoms with Crippen LogP contribution in [0.2, 0.25) is 5.02 Å². The second-order valence-electron chi connectivity index (χ2n) is 7.55. The molecular weight excluding hydrogens is 396 g/mol. The van der Waals surface area contributed by atoms with Crippen LogP contribution >= 0.6 is 11.6 Å². The van der Waals surface area contributed by atoms with E-state index in [-0.39, 0.29) is 5.91 Å². The fourth-order valence-corrected chi connectivity index (χ4v) is 3.68. The van der Waals surface area contributed by atoms with E-state index in [9.17, 15) is 4.79 Å². The van der Waals surface area contributed by atoms with Crippen LogP contribution in [-0.4, -0.2) is 49.0 Å². The predicted molar refractivity (Wildman–Crippen MR) is 122 cm³/mol. The number of halogens is 1. The Labute approximate surface area is 182 Å². The summed E-state index contributed by atoms with van der Waals surface area (Å²) in [4.78, 5) is 24.3. The van der Waals surface area contributed by atoms with Crippen molar-refractivity contribution < 1.29 is 4.79 Å². The number of aromatic nitrogens is 1. The number of anilines is 2. The first-order valence-corrected chi connectivity index (χ1v) is 10.5. The molecule has 2 heterocycles. The smallest absolute Gasteiger partial charge is 0.258 e. The van der Waals surface area contributed by atoms with Crippen molar-refractivity contribution in [2.24, 2.45) is 0 Å². The number of hydrogen-bond donors (Lipinski definition) is 0. The number of amides is 1. The molecule has 154 valence electrons. The second kappa shape index (κ2) is 9.28. The van der Waals surface area contributed by atoms with Crippen LogP contribution in [0.4, 0.5) is 11.5 Å². The summed E-state index contributed by atoms with van der Waals surface area (Å²) in [6.45, 7) is 4.49. The lowest BCUT2D eigenvalue weighted by molar-refractivity contribution is 0.0985. The monoisotopic (exact) mass is 420 g/mol. The van der Waals surface area contributed by atoms with E-state index in [2.05, 4.69) is 34.0 Å². The molecule has 0 aliphatic carbocycles. The second-order valence-corrected chi connectivity index (χ2v) is 7.99. The number of likely N-dealkylation sites (N-methyl/N-ethyl adjacent to an activating group) is 1. The number of hydrogen-bond acceptors (Lipinski definition) is 4. The Bertz CT molecular complexity index is 968. The molecule has 0 spiro atoms. The van der Waals surface area contributed by atoms with E-state index in [0.717, 1.165) is 43.2 Å². The number of benzene rings is 2. The summed E-state index contributed by atoms with van der Waals surface area (Å²) in [5, 5.41) is 0.613. The maximum Gasteiger partial charge on any atom is 0.258 e. The average Bonchev–Trinajstić information content (AvgIpc) is 2.79. The number of piperazine rings is 1. The van der Waals surface area contributed by atoms with Crippen LogP contribution in [0.5, 0.6) is 0 Å². The Morgan fingerprint density at radius 3 is 2.30 bits per heavy atom. The lowest BCUT2D eigenvalue weighted by Crippen LogP contribution is -2.44. The maximum absolute atomic E-state index is 13.3. The van der Waals surface area contributed by atoms with Crippen LogP contribution in [0.15, 0.2) is 72.9 Å². The molecule has 1 aliphatic rings. The standard InChI is InChI=1S/C24H25ClN4O/c1-27-13-15-28(16-14-27)23-12-7-19(17-26-23)18-29(22-5-3-2-4-6-22)24(30)20-8-10-21(25)11-9-20/h2-12,17H,13-16,18H2,1H3. The molecule has 1 amide bonds. The number of nitrogens with zero attached hydrogens (tertiary/aromatic N) is 4. The highest BCUT2D eigenvalue weighted by Gasteiger charge is 2.19. The summed E-state index contributed by atoms with van der Waals surface area (Å²) in [5.41, 5.74) is 2.44. The Kier molecular flexibility index (Phi) is 6.31. The van der Waals surface area contributed by atoms with Gasteiger partial charge in [-0.1, -0.05) is 35.9 Å². The first-order chi connectivity index (χ1) is 14.6. The molecule has 0 unspecified atom stereocenters. The molecule has 4 rings (SSSR count). The van der Waals surface area contributed by atoms with Gasteiger partial charge in [0.25, 0.3) is 5.91 Å². The van der Waals surface area contributed by atoms with Crippen LogP contribution in [-0.2, 0) is 6.54 Å². The van der Waals surface area contributed by atoms with Gasteiger partial charge in [-0.05, 0) is 55.1 Å². The maximum atomic E-state index is 13.3. The molecule has 1 aliphatic heterocycles. The van der Waals surface area contributed by atoms with Crippen molar-refractivity contribution in [2.45, 2.75) is 6.54 Å². The molecule has 0 saturated carbocycles. The number of carbonyl (C=O) groups is 1. The highest BCUT2D eigenvalue weighted by atomic mass is 35.5. The molecule has 2 aromatic carbocycles. The minimum absolute atomic E-state index is 0.0685. The third-order valence-electron chi connectivity index (χ3n) is 5.38. The van der Waals surface area contributed by atoms with Gasteiger partial charge in [-0.2, -0.15) is 0 Å². The first kappa shape index (κ1) is 20.4. The number of pyridine rings is 1. The molecule has 0 radical (unpaired) electrons. The Balaban J connectivity index is 1.54. The molecule has 1 fully saturated rings. The highest BCUT2D eigenvalue weighted by molar-refractivity contribution is 6.30. The van der Waals surface area contributed by atoms with Crippen LogP contribution < -0.4 is 9.80 Å². The van der Waals surface area contributed by atoms with E-state index < -0.39 is 0 Å². The number of para-hydroxylation sites is 1. The Hall–Kier alpha value is -2.89. The van der Waals surface area contributed by atoms with E-state index in [4.69, 9.17) is 11.6 Å². The highest BCUT2D eigenvalue weighted by Crippen LogP contribution is 2.22. The summed E-state index contributed by atoms with van der Waals surface area (Å²) >= 11 is 5.99. The topological polar surface area (TPSA) is 39.7 Å². The molecule has 0 bridgehead atoms. The van der Waals surface area contributed by atoms with Crippen LogP contribution in [0.25, 0.3) is 0 Å². The third kappa shape index (κ3) is 4.81.